The summed E-state index contributed by atoms with van der Waals surface area (Å²) in [7, 11) is -4.08. The molecule has 3 rings (SSSR count). The fraction of sp³-hybridized carbons (Fsp3) is 0.190. The van der Waals surface area contributed by atoms with Gasteiger partial charge in [-0.25, -0.2) is 13.4 Å². The molecule has 1 aromatic carbocycles. The minimum Gasteiger partial charge on any atom is -0.480 e. The molecule has 2 heterocycles. The van der Waals surface area contributed by atoms with Crippen molar-refractivity contribution in [2.75, 3.05) is 11.9 Å². The molecule has 174 valence electrons. The van der Waals surface area contributed by atoms with Gasteiger partial charge in [-0.1, -0.05) is 18.2 Å². The first-order valence-electron chi connectivity index (χ1n) is 9.53. The zero-order chi connectivity index (χ0) is 24.1. The predicted molar refractivity (Wildman–Crippen MR) is 112 cm³/mol. The summed E-state index contributed by atoms with van der Waals surface area (Å²) < 4.78 is 66.2. The van der Waals surface area contributed by atoms with Crippen molar-refractivity contribution in [1.29, 1.82) is 0 Å². The fourth-order valence-corrected chi connectivity index (χ4v) is 4.25. The maximum Gasteiger partial charge on any atom is 0.416 e. The number of sulfonamides is 1. The molecule has 33 heavy (non-hydrogen) atoms. The van der Waals surface area contributed by atoms with E-state index in [1.807, 2.05) is 0 Å². The van der Waals surface area contributed by atoms with Crippen molar-refractivity contribution < 1.29 is 31.5 Å². The standard InChI is InChI=1S/C21H19F3N4O4S/c22-21(23,24)16-8-6-15(7-9-16)13-28(33(31,32)18-4-2-10-25-11-18)14-17-3-1-5-19(27-17)26-12-20(29)30/h1-11H,12-14H2,(H,26,27)(H,29,30). The molecule has 0 saturated carbocycles. The molecule has 8 nitrogen and oxygen atoms in total. The predicted octanol–water partition coefficient (Wildman–Crippen LogP) is 3.38. The zero-order valence-corrected chi connectivity index (χ0v) is 17.8. The number of halogens is 3. The van der Waals surface area contributed by atoms with E-state index in [0.717, 1.165) is 16.4 Å². The van der Waals surface area contributed by atoms with E-state index in [2.05, 4.69) is 15.3 Å². The maximum absolute atomic E-state index is 13.3. The van der Waals surface area contributed by atoms with Crippen molar-refractivity contribution >= 4 is 21.8 Å². The summed E-state index contributed by atoms with van der Waals surface area (Å²) in [5, 5.41) is 11.4. The number of hydrogen-bond acceptors (Lipinski definition) is 6. The van der Waals surface area contributed by atoms with Crippen LogP contribution >= 0.6 is 0 Å². The van der Waals surface area contributed by atoms with E-state index < -0.39 is 27.7 Å². The van der Waals surface area contributed by atoms with Crippen LogP contribution in [0.4, 0.5) is 19.0 Å². The van der Waals surface area contributed by atoms with E-state index in [9.17, 15) is 26.4 Å². The fourth-order valence-electron chi connectivity index (χ4n) is 2.89. The molecule has 0 unspecified atom stereocenters. The van der Waals surface area contributed by atoms with Gasteiger partial charge in [-0.2, -0.15) is 17.5 Å². The monoisotopic (exact) mass is 480 g/mol. The third-order valence-electron chi connectivity index (χ3n) is 4.48. The van der Waals surface area contributed by atoms with Gasteiger partial charge < -0.3 is 10.4 Å². The molecule has 3 aromatic rings. The topological polar surface area (TPSA) is 112 Å². The molecule has 0 aliphatic rings. The van der Waals surface area contributed by atoms with Gasteiger partial charge in [0.25, 0.3) is 0 Å². The van der Waals surface area contributed by atoms with E-state index in [1.54, 1.807) is 12.1 Å². The lowest BCUT2D eigenvalue weighted by Gasteiger charge is -2.22. The molecule has 2 N–H and O–H groups in total. The van der Waals surface area contributed by atoms with E-state index in [0.29, 0.717) is 11.3 Å². The first kappa shape index (κ1) is 24.1. The van der Waals surface area contributed by atoms with Crippen molar-refractivity contribution in [2.24, 2.45) is 0 Å². The Balaban J connectivity index is 1.91. The molecule has 0 radical (unpaired) electrons. The van der Waals surface area contributed by atoms with Crippen LogP contribution in [0.2, 0.25) is 0 Å². The molecular formula is C21H19F3N4O4S. The Hall–Kier alpha value is -3.51. The second-order valence-corrected chi connectivity index (χ2v) is 8.86. The van der Waals surface area contributed by atoms with Gasteiger partial charge in [-0.3, -0.25) is 9.78 Å². The highest BCUT2D eigenvalue weighted by atomic mass is 32.2. The van der Waals surface area contributed by atoms with Gasteiger partial charge >= 0.3 is 12.1 Å². The summed E-state index contributed by atoms with van der Waals surface area (Å²) in [5.74, 6) is -0.853. The average Bonchev–Trinajstić information content (AvgIpc) is 2.78. The van der Waals surface area contributed by atoms with Crippen molar-refractivity contribution in [3.05, 3.63) is 83.8 Å². The van der Waals surface area contributed by atoms with Crippen molar-refractivity contribution in [3.63, 3.8) is 0 Å². The number of nitrogens with one attached hydrogen (secondary N) is 1. The first-order chi connectivity index (χ1) is 15.6. The minimum atomic E-state index is -4.51. The number of carboxylic acids is 1. The van der Waals surface area contributed by atoms with Gasteiger partial charge in [-0.05, 0) is 42.0 Å². The number of carbonyl (C=O) groups is 1. The van der Waals surface area contributed by atoms with Gasteiger partial charge in [-0.15, -0.1) is 0 Å². The lowest BCUT2D eigenvalue weighted by Crippen LogP contribution is -2.31. The van der Waals surface area contributed by atoms with E-state index in [4.69, 9.17) is 5.11 Å². The number of carboxylic acid groups (broad SMARTS) is 1. The molecule has 0 aliphatic carbocycles. The van der Waals surface area contributed by atoms with E-state index in [-0.39, 0.29) is 30.3 Å². The second-order valence-electron chi connectivity index (χ2n) is 6.92. The Kier molecular flexibility index (Phi) is 7.29. The summed E-state index contributed by atoms with van der Waals surface area (Å²) in [4.78, 5) is 18.7. The van der Waals surface area contributed by atoms with Crippen LogP contribution in [-0.2, 0) is 34.1 Å². The van der Waals surface area contributed by atoms with Gasteiger partial charge in [0.05, 0.1) is 17.8 Å². The average molecular weight is 480 g/mol. The number of pyridine rings is 2. The smallest absolute Gasteiger partial charge is 0.416 e. The molecule has 0 fully saturated rings. The summed E-state index contributed by atoms with van der Waals surface area (Å²) in [6.07, 6.45) is -1.92. The van der Waals surface area contributed by atoms with Crippen LogP contribution < -0.4 is 5.32 Å². The van der Waals surface area contributed by atoms with Crippen LogP contribution in [0.5, 0.6) is 0 Å². The number of benzene rings is 1. The van der Waals surface area contributed by atoms with Gasteiger partial charge in [0.1, 0.15) is 17.3 Å². The Morgan fingerprint density at radius 2 is 1.76 bits per heavy atom. The number of aromatic nitrogens is 2. The maximum atomic E-state index is 13.3. The van der Waals surface area contributed by atoms with E-state index >= 15 is 0 Å². The molecule has 0 amide bonds. The molecule has 0 saturated heterocycles. The number of anilines is 1. The number of rotatable bonds is 9. The molecule has 2 aromatic heterocycles. The van der Waals surface area contributed by atoms with Crippen LogP contribution in [0, 0.1) is 0 Å². The third kappa shape index (κ3) is 6.49. The van der Waals surface area contributed by atoms with E-state index in [1.165, 1.54) is 42.7 Å². The van der Waals surface area contributed by atoms with Crippen molar-refractivity contribution in [1.82, 2.24) is 14.3 Å². The zero-order valence-electron chi connectivity index (χ0n) is 17.0. The van der Waals surface area contributed by atoms with Crippen LogP contribution in [-0.4, -0.2) is 40.3 Å². The van der Waals surface area contributed by atoms with Crippen molar-refractivity contribution in [2.45, 2.75) is 24.2 Å². The molecule has 0 atom stereocenters. The number of aliphatic carboxylic acids is 1. The minimum absolute atomic E-state index is 0.0860. The molecule has 0 bridgehead atoms. The van der Waals surface area contributed by atoms with Gasteiger partial charge in [0, 0.05) is 18.9 Å². The SMILES string of the molecule is O=C(O)CNc1cccc(CN(Cc2ccc(C(F)(F)F)cc2)S(=O)(=O)c2cccnc2)n1. The molecule has 0 aliphatic heterocycles. The highest BCUT2D eigenvalue weighted by Crippen LogP contribution is 2.29. The Bertz CT molecular complexity index is 1200. The largest absolute Gasteiger partial charge is 0.480 e. The summed E-state index contributed by atoms with van der Waals surface area (Å²) in [5.41, 5.74) is -0.188. The van der Waals surface area contributed by atoms with Crippen LogP contribution in [0.15, 0.2) is 71.9 Å². The summed E-state index contributed by atoms with van der Waals surface area (Å²) in [6, 6.07) is 11.7. The molecular weight excluding hydrogens is 461 g/mol. The Morgan fingerprint density at radius 3 is 2.36 bits per heavy atom. The highest BCUT2D eigenvalue weighted by molar-refractivity contribution is 7.89. The lowest BCUT2D eigenvalue weighted by atomic mass is 10.1. The first-order valence-corrected chi connectivity index (χ1v) is 11.0. The molecule has 0 spiro atoms. The highest BCUT2D eigenvalue weighted by Gasteiger charge is 2.30. The normalized spacial score (nSPS) is 12.0. The van der Waals surface area contributed by atoms with Gasteiger partial charge in [0.2, 0.25) is 10.0 Å². The number of hydrogen-bond donors (Lipinski definition) is 2. The summed E-state index contributed by atoms with van der Waals surface area (Å²) in [6.45, 7) is -0.801. The Labute approximate surface area is 187 Å². The van der Waals surface area contributed by atoms with Crippen LogP contribution in [0.25, 0.3) is 0 Å². The second kappa shape index (κ2) is 9.96. The van der Waals surface area contributed by atoms with Gasteiger partial charge in [0.15, 0.2) is 0 Å². The quantitative estimate of drug-likeness (QED) is 0.483. The van der Waals surface area contributed by atoms with Crippen LogP contribution in [0.1, 0.15) is 16.8 Å². The lowest BCUT2D eigenvalue weighted by molar-refractivity contribution is -0.137. The van der Waals surface area contributed by atoms with Crippen molar-refractivity contribution in [3.8, 4) is 0 Å². The molecule has 12 heteroatoms. The third-order valence-corrected chi connectivity index (χ3v) is 6.25. The number of alkyl halides is 3. The Morgan fingerprint density at radius 1 is 1.03 bits per heavy atom. The van der Waals surface area contributed by atoms with Crippen LogP contribution in [0.3, 0.4) is 0 Å². The number of nitrogens with zero attached hydrogens (tertiary/aromatic N) is 3. The summed E-state index contributed by atoms with van der Waals surface area (Å²) >= 11 is 0.